The van der Waals surface area contributed by atoms with Gasteiger partial charge in [0.25, 0.3) is 0 Å². The Morgan fingerprint density at radius 3 is 2.80 bits per heavy atom. The summed E-state index contributed by atoms with van der Waals surface area (Å²) in [6.07, 6.45) is 3.46. The Bertz CT molecular complexity index is 548. The first-order valence-electron chi connectivity index (χ1n) is 6.98. The van der Waals surface area contributed by atoms with E-state index in [-0.39, 0.29) is 10.9 Å². The zero-order valence-electron chi connectivity index (χ0n) is 11.7. The minimum atomic E-state index is -3.74. The SMILES string of the molecule is CNCCC1CCCCN1S(=O)(=O)c1ccccc1F. The molecule has 0 aliphatic carbocycles. The van der Waals surface area contributed by atoms with E-state index in [9.17, 15) is 12.8 Å². The quantitative estimate of drug-likeness (QED) is 0.904. The number of rotatable bonds is 5. The molecule has 0 spiro atoms. The van der Waals surface area contributed by atoms with Gasteiger partial charge < -0.3 is 5.32 Å². The summed E-state index contributed by atoms with van der Waals surface area (Å²) in [5.74, 6) is -0.676. The molecule has 1 N–H and O–H groups in total. The zero-order valence-corrected chi connectivity index (χ0v) is 12.5. The van der Waals surface area contributed by atoms with Crippen LogP contribution in [0.15, 0.2) is 29.2 Å². The van der Waals surface area contributed by atoms with Crippen molar-refractivity contribution in [2.75, 3.05) is 20.1 Å². The molecule has 0 saturated carbocycles. The number of piperidine rings is 1. The van der Waals surface area contributed by atoms with Gasteiger partial charge in [0.05, 0.1) is 0 Å². The Hall–Kier alpha value is -0.980. The highest BCUT2D eigenvalue weighted by atomic mass is 32.2. The van der Waals surface area contributed by atoms with E-state index in [1.165, 1.54) is 22.5 Å². The molecule has 6 heteroatoms. The van der Waals surface area contributed by atoms with E-state index in [1.807, 2.05) is 7.05 Å². The van der Waals surface area contributed by atoms with E-state index in [0.717, 1.165) is 32.2 Å². The summed E-state index contributed by atoms with van der Waals surface area (Å²) in [4.78, 5) is -0.212. The lowest BCUT2D eigenvalue weighted by atomic mass is 10.0. The lowest BCUT2D eigenvalue weighted by Gasteiger charge is -2.34. The van der Waals surface area contributed by atoms with Crippen LogP contribution < -0.4 is 5.32 Å². The molecule has 1 aliphatic rings. The summed E-state index contributed by atoms with van der Waals surface area (Å²) < 4.78 is 40.6. The van der Waals surface area contributed by atoms with E-state index in [2.05, 4.69) is 5.32 Å². The summed E-state index contributed by atoms with van der Waals surface area (Å²) >= 11 is 0. The van der Waals surface area contributed by atoms with Crippen molar-refractivity contribution in [1.29, 1.82) is 0 Å². The smallest absolute Gasteiger partial charge is 0.246 e. The summed E-state index contributed by atoms with van der Waals surface area (Å²) in [5.41, 5.74) is 0. The molecule has 1 aliphatic heterocycles. The van der Waals surface area contributed by atoms with Crippen molar-refractivity contribution >= 4 is 10.0 Å². The fourth-order valence-corrected chi connectivity index (χ4v) is 4.46. The molecule has 2 rings (SSSR count). The fourth-order valence-electron chi connectivity index (χ4n) is 2.67. The van der Waals surface area contributed by atoms with Gasteiger partial charge in [-0.25, -0.2) is 12.8 Å². The number of hydrogen-bond donors (Lipinski definition) is 1. The van der Waals surface area contributed by atoms with Gasteiger partial charge in [-0.2, -0.15) is 4.31 Å². The molecule has 1 saturated heterocycles. The molecule has 1 aromatic rings. The molecule has 0 bridgehead atoms. The maximum Gasteiger partial charge on any atom is 0.246 e. The molecule has 1 unspecified atom stereocenters. The molecular formula is C14H21FN2O2S. The van der Waals surface area contributed by atoms with Crippen LogP contribution in [0.1, 0.15) is 25.7 Å². The van der Waals surface area contributed by atoms with Crippen molar-refractivity contribution in [2.45, 2.75) is 36.6 Å². The van der Waals surface area contributed by atoms with Gasteiger partial charge in [-0.3, -0.25) is 0 Å². The first-order valence-corrected chi connectivity index (χ1v) is 8.42. The third kappa shape index (κ3) is 3.19. The minimum absolute atomic E-state index is 0.0409. The average molecular weight is 300 g/mol. The maximum absolute atomic E-state index is 13.8. The lowest BCUT2D eigenvalue weighted by Crippen LogP contribution is -2.44. The molecular weight excluding hydrogens is 279 g/mol. The minimum Gasteiger partial charge on any atom is -0.320 e. The molecule has 1 atom stereocenters. The zero-order chi connectivity index (χ0) is 14.6. The normalized spacial score (nSPS) is 21.0. The summed E-state index contributed by atoms with van der Waals surface area (Å²) in [7, 11) is -1.90. The molecule has 1 fully saturated rings. The average Bonchev–Trinajstić information content (AvgIpc) is 2.45. The molecule has 1 aromatic carbocycles. The van der Waals surface area contributed by atoms with E-state index in [0.29, 0.717) is 6.54 Å². The predicted octanol–water partition coefficient (Wildman–Crippen LogP) is 1.98. The van der Waals surface area contributed by atoms with Crippen LogP contribution >= 0.6 is 0 Å². The fraction of sp³-hybridized carbons (Fsp3) is 0.571. The third-order valence-electron chi connectivity index (χ3n) is 3.72. The molecule has 0 aromatic heterocycles. The number of benzene rings is 1. The van der Waals surface area contributed by atoms with Gasteiger partial charge >= 0.3 is 0 Å². The Balaban J connectivity index is 2.28. The van der Waals surface area contributed by atoms with Crippen LogP contribution in [-0.4, -0.2) is 38.9 Å². The Kier molecular flexibility index (Phi) is 5.12. The van der Waals surface area contributed by atoms with Crippen LogP contribution in [0.4, 0.5) is 4.39 Å². The van der Waals surface area contributed by atoms with Crippen molar-refractivity contribution in [1.82, 2.24) is 9.62 Å². The maximum atomic E-state index is 13.8. The molecule has 4 nitrogen and oxygen atoms in total. The number of hydrogen-bond acceptors (Lipinski definition) is 3. The number of sulfonamides is 1. The van der Waals surface area contributed by atoms with Gasteiger partial charge in [0, 0.05) is 12.6 Å². The number of nitrogens with one attached hydrogen (secondary N) is 1. The topological polar surface area (TPSA) is 49.4 Å². The van der Waals surface area contributed by atoms with E-state index in [4.69, 9.17) is 0 Å². The van der Waals surface area contributed by atoms with Crippen molar-refractivity contribution in [3.63, 3.8) is 0 Å². The van der Waals surface area contributed by atoms with Crippen molar-refractivity contribution in [3.05, 3.63) is 30.1 Å². The molecule has 0 amide bonds. The van der Waals surface area contributed by atoms with E-state index in [1.54, 1.807) is 6.07 Å². The largest absolute Gasteiger partial charge is 0.320 e. The van der Waals surface area contributed by atoms with Crippen molar-refractivity contribution in [2.24, 2.45) is 0 Å². The van der Waals surface area contributed by atoms with Crippen LogP contribution in [0.3, 0.4) is 0 Å². The second kappa shape index (κ2) is 6.65. The van der Waals surface area contributed by atoms with Crippen LogP contribution in [-0.2, 0) is 10.0 Å². The number of nitrogens with zero attached hydrogens (tertiary/aromatic N) is 1. The second-order valence-corrected chi connectivity index (χ2v) is 6.95. The highest BCUT2D eigenvalue weighted by molar-refractivity contribution is 7.89. The van der Waals surface area contributed by atoms with Crippen molar-refractivity contribution in [3.8, 4) is 0 Å². The predicted molar refractivity (Wildman–Crippen MR) is 76.5 cm³/mol. The van der Waals surface area contributed by atoms with Crippen LogP contribution in [0, 0.1) is 5.82 Å². The van der Waals surface area contributed by atoms with Gasteiger partial charge in [-0.1, -0.05) is 18.6 Å². The molecule has 1 heterocycles. The third-order valence-corrected chi connectivity index (χ3v) is 5.71. The van der Waals surface area contributed by atoms with E-state index >= 15 is 0 Å². The standard InChI is InChI=1S/C14H21FN2O2S/c1-16-10-9-12-6-4-5-11-17(12)20(18,19)14-8-3-2-7-13(14)15/h2-3,7-8,12,16H,4-6,9-11H2,1H3. The Labute approximate surface area is 120 Å². The highest BCUT2D eigenvalue weighted by Gasteiger charge is 2.34. The van der Waals surface area contributed by atoms with Crippen LogP contribution in [0.25, 0.3) is 0 Å². The lowest BCUT2D eigenvalue weighted by molar-refractivity contribution is 0.240. The van der Waals surface area contributed by atoms with Crippen LogP contribution in [0.2, 0.25) is 0 Å². The van der Waals surface area contributed by atoms with Crippen LogP contribution in [0.5, 0.6) is 0 Å². The second-order valence-electron chi connectivity index (χ2n) is 5.09. The van der Waals surface area contributed by atoms with Gasteiger partial charge in [0.2, 0.25) is 10.0 Å². The van der Waals surface area contributed by atoms with Gasteiger partial charge in [-0.05, 0) is 45.0 Å². The van der Waals surface area contributed by atoms with Gasteiger partial charge in [0.1, 0.15) is 10.7 Å². The summed E-state index contributed by atoms with van der Waals surface area (Å²) in [6, 6.07) is 5.56. The number of halogens is 1. The Morgan fingerprint density at radius 1 is 1.35 bits per heavy atom. The first-order chi connectivity index (χ1) is 9.57. The summed E-state index contributed by atoms with van der Waals surface area (Å²) in [6.45, 7) is 1.24. The van der Waals surface area contributed by atoms with Gasteiger partial charge in [0.15, 0.2) is 0 Å². The highest BCUT2D eigenvalue weighted by Crippen LogP contribution is 2.28. The molecule has 20 heavy (non-hydrogen) atoms. The van der Waals surface area contributed by atoms with E-state index < -0.39 is 15.8 Å². The van der Waals surface area contributed by atoms with Crippen molar-refractivity contribution < 1.29 is 12.8 Å². The Morgan fingerprint density at radius 2 is 2.10 bits per heavy atom. The first kappa shape index (κ1) is 15.4. The molecule has 0 radical (unpaired) electrons. The summed E-state index contributed by atoms with van der Waals surface area (Å²) in [5, 5.41) is 3.04. The monoisotopic (exact) mass is 300 g/mol. The van der Waals surface area contributed by atoms with Gasteiger partial charge in [-0.15, -0.1) is 0 Å². The molecule has 112 valence electrons.